The molecular weight excluding hydrogens is 292 g/mol. The highest BCUT2D eigenvalue weighted by Gasteiger charge is 2.14. The van der Waals surface area contributed by atoms with Crippen LogP contribution in [0, 0.1) is 0 Å². The van der Waals surface area contributed by atoms with Gasteiger partial charge < -0.3 is 9.73 Å². The Balaban J connectivity index is 1.78. The molecule has 3 aromatic heterocycles. The lowest BCUT2D eigenvalue weighted by Crippen LogP contribution is -2.09. The summed E-state index contributed by atoms with van der Waals surface area (Å²) in [4.78, 5) is 16.0. The quantitative estimate of drug-likeness (QED) is 0.708. The topological polar surface area (TPSA) is 83.8 Å². The second-order valence-corrected chi connectivity index (χ2v) is 4.85. The van der Waals surface area contributed by atoms with Crippen LogP contribution < -0.4 is 5.32 Å². The molecule has 0 unspecified atom stereocenters. The Morgan fingerprint density at radius 3 is 2.87 bits per heavy atom. The number of hydrogen-bond donors (Lipinski definition) is 2. The molecule has 6 nitrogen and oxygen atoms in total. The molecule has 1 amide bonds. The summed E-state index contributed by atoms with van der Waals surface area (Å²) in [5.74, 6) is 0.896. The number of amides is 1. The number of aromatic nitrogens is 3. The van der Waals surface area contributed by atoms with Crippen molar-refractivity contribution in [2.24, 2.45) is 0 Å². The SMILES string of the molecule is CCc1c(NC(=O)/C=C/c2ccco2)n[nH]c1-c1ccncc1. The second-order valence-electron chi connectivity index (χ2n) is 4.85. The number of furan rings is 1. The van der Waals surface area contributed by atoms with Gasteiger partial charge in [0.15, 0.2) is 5.82 Å². The first-order valence-corrected chi connectivity index (χ1v) is 7.28. The van der Waals surface area contributed by atoms with Crippen LogP contribution in [0.25, 0.3) is 17.3 Å². The molecule has 0 saturated heterocycles. The Bertz CT molecular complexity index is 805. The Hall–Kier alpha value is -3.15. The van der Waals surface area contributed by atoms with Gasteiger partial charge >= 0.3 is 0 Å². The predicted molar refractivity (Wildman–Crippen MR) is 87.6 cm³/mol. The number of aromatic amines is 1. The van der Waals surface area contributed by atoms with Crippen molar-refractivity contribution in [1.82, 2.24) is 15.2 Å². The standard InChI is InChI=1S/C17H16N4O2/c1-2-14-16(12-7-9-18-10-8-12)20-21-17(14)19-15(22)6-5-13-4-3-11-23-13/h3-11H,2H2,1H3,(H2,19,20,21,22)/b6-5+. The van der Waals surface area contributed by atoms with Gasteiger partial charge in [0.2, 0.25) is 5.91 Å². The monoisotopic (exact) mass is 308 g/mol. The molecule has 2 N–H and O–H groups in total. The number of hydrogen-bond acceptors (Lipinski definition) is 4. The number of pyridine rings is 1. The summed E-state index contributed by atoms with van der Waals surface area (Å²) in [6.07, 6.45) is 8.77. The number of nitrogens with one attached hydrogen (secondary N) is 2. The van der Waals surface area contributed by atoms with Crippen LogP contribution in [0.5, 0.6) is 0 Å². The normalized spacial score (nSPS) is 11.0. The number of carbonyl (C=O) groups is 1. The number of H-pyrrole nitrogens is 1. The fourth-order valence-electron chi connectivity index (χ4n) is 2.27. The summed E-state index contributed by atoms with van der Waals surface area (Å²) in [6.45, 7) is 2.02. The molecule has 0 aromatic carbocycles. The van der Waals surface area contributed by atoms with Crippen LogP contribution in [-0.2, 0) is 11.2 Å². The van der Waals surface area contributed by atoms with E-state index < -0.39 is 0 Å². The fourth-order valence-corrected chi connectivity index (χ4v) is 2.27. The lowest BCUT2D eigenvalue weighted by Gasteiger charge is -2.03. The van der Waals surface area contributed by atoms with Crippen LogP contribution >= 0.6 is 0 Å². The Morgan fingerprint density at radius 1 is 1.35 bits per heavy atom. The van der Waals surface area contributed by atoms with E-state index in [1.54, 1.807) is 36.9 Å². The van der Waals surface area contributed by atoms with Crippen molar-refractivity contribution in [3.63, 3.8) is 0 Å². The highest BCUT2D eigenvalue weighted by molar-refractivity contribution is 6.02. The van der Waals surface area contributed by atoms with Gasteiger partial charge in [-0.25, -0.2) is 0 Å². The third-order valence-corrected chi connectivity index (χ3v) is 3.37. The van der Waals surface area contributed by atoms with E-state index in [0.717, 1.165) is 23.2 Å². The smallest absolute Gasteiger partial charge is 0.249 e. The summed E-state index contributed by atoms with van der Waals surface area (Å²) in [5, 5.41) is 9.98. The summed E-state index contributed by atoms with van der Waals surface area (Å²) < 4.78 is 5.15. The van der Waals surface area contributed by atoms with Crippen LogP contribution in [0.15, 0.2) is 53.4 Å². The van der Waals surface area contributed by atoms with Crippen molar-refractivity contribution in [3.05, 3.63) is 60.3 Å². The molecule has 0 spiro atoms. The van der Waals surface area contributed by atoms with Crippen molar-refractivity contribution in [1.29, 1.82) is 0 Å². The maximum Gasteiger partial charge on any atom is 0.249 e. The van der Waals surface area contributed by atoms with E-state index in [2.05, 4.69) is 20.5 Å². The highest BCUT2D eigenvalue weighted by Crippen LogP contribution is 2.26. The molecule has 0 radical (unpaired) electrons. The Morgan fingerprint density at radius 2 is 2.17 bits per heavy atom. The zero-order chi connectivity index (χ0) is 16.1. The van der Waals surface area contributed by atoms with Crippen LogP contribution in [0.4, 0.5) is 5.82 Å². The third kappa shape index (κ3) is 3.37. The molecule has 3 heterocycles. The lowest BCUT2D eigenvalue weighted by molar-refractivity contribution is -0.111. The van der Waals surface area contributed by atoms with Crippen LogP contribution in [0.2, 0.25) is 0 Å². The Kier molecular flexibility index (Phi) is 4.33. The van der Waals surface area contributed by atoms with Gasteiger partial charge in [0.1, 0.15) is 5.76 Å². The first-order chi connectivity index (χ1) is 11.3. The van der Waals surface area contributed by atoms with E-state index in [1.807, 2.05) is 19.1 Å². The van der Waals surface area contributed by atoms with Crippen LogP contribution in [0.3, 0.4) is 0 Å². The van der Waals surface area contributed by atoms with Crippen molar-refractivity contribution >= 4 is 17.8 Å². The molecule has 0 saturated carbocycles. The molecule has 0 aliphatic rings. The summed E-state index contributed by atoms with van der Waals surface area (Å²) in [7, 11) is 0. The average molecular weight is 308 g/mol. The van der Waals surface area contributed by atoms with Gasteiger partial charge in [0.25, 0.3) is 0 Å². The minimum absolute atomic E-state index is 0.260. The minimum atomic E-state index is -0.260. The van der Waals surface area contributed by atoms with Crippen LogP contribution in [-0.4, -0.2) is 21.1 Å². The number of rotatable bonds is 5. The lowest BCUT2D eigenvalue weighted by atomic mass is 10.1. The second kappa shape index (κ2) is 6.74. The van der Waals surface area contributed by atoms with Crippen LogP contribution in [0.1, 0.15) is 18.2 Å². The van der Waals surface area contributed by atoms with E-state index >= 15 is 0 Å². The number of anilines is 1. The van der Waals surface area contributed by atoms with E-state index in [9.17, 15) is 4.79 Å². The predicted octanol–water partition coefficient (Wildman–Crippen LogP) is 3.28. The molecular formula is C17H16N4O2. The van der Waals surface area contributed by atoms with Gasteiger partial charge in [-0.15, -0.1) is 0 Å². The zero-order valence-corrected chi connectivity index (χ0v) is 12.6. The number of carbonyl (C=O) groups excluding carboxylic acids is 1. The largest absolute Gasteiger partial charge is 0.465 e. The first kappa shape index (κ1) is 14.8. The average Bonchev–Trinajstić information content (AvgIpc) is 3.23. The van der Waals surface area contributed by atoms with Gasteiger partial charge in [0, 0.05) is 29.6 Å². The van der Waals surface area contributed by atoms with Gasteiger partial charge in [-0.05, 0) is 36.8 Å². The van der Waals surface area contributed by atoms with Gasteiger partial charge in [-0.2, -0.15) is 5.10 Å². The van der Waals surface area contributed by atoms with Crippen molar-refractivity contribution in [2.45, 2.75) is 13.3 Å². The molecule has 0 bridgehead atoms. The molecule has 3 rings (SSSR count). The van der Waals surface area contributed by atoms with E-state index in [4.69, 9.17) is 4.42 Å². The zero-order valence-electron chi connectivity index (χ0n) is 12.6. The van der Waals surface area contributed by atoms with Crippen molar-refractivity contribution in [3.8, 4) is 11.3 Å². The maximum absolute atomic E-state index is 12.0. The van der Waals surface area contributed by atoms with E-state index in [1.165, 1.54) is 6.08 Å². The minimum Gasteiger partial charge on any atom is -0.465 e. The van der Waals surface area contributed by atoms with Crippen molar-refractivity contribution < 1.29 is 9.21 Å². The van der Waals surface area contributed by atoms with E-state index in [-0.39, 0.29) is 5.91 Å². The summed E-state index contributed by atoms with van der Waals surface area (Å²) in [6, 6.07) is 7.34. The molecule has 23 heavy (non-hydrogen) atoms. The third-order valence-electron chi connectivity index (χ3n) is 3.37. The highest BCUT2D eigenvalue weighted by atomic mass is 16.3. The molecule has 6 heteroatoms. The Labute approximate surface area is 133 Å². The van der Waals surface area contributed by atoms with Gasteiger partial charge in [0.05, 0.1) is 12.0 Å². The molecule has 0 fully saturated rings. The number of nitrogens with zero attached hydrogens (tertiary/aromatic N) is 2. The molecule has 0 aliphatic carbocycles. The maximum atomic E-state index is 12.0. The molecule has 0 aliphatic heterocycles. The fraction of sp³-hybridized carbons (Fsp3) is 0.118. The molecule has 116 valence electrons. The summed E-state index contributed by atoms with van der Waals surface area (Å²) in [5.41, 5.74) is 2.83. The first-order valence-electron chi connectivity index (χ1n) is 7.28. The van der Waals surface area contributed by atoms with E-state index in [0.29, 0.717) is 11.6 Å². The van der Waals surface area contributed by atoms with Gasteiger partial charge in [-0.3, -0.25) is 14.9 Å². The summed E-state index contributed by atoms with van der Waals surface area (Å²) >= 11 is 0. The molecule has 3 aromatic rings. The van der Waals surface area contributed by atoms with Crippen molar-refractivity contribution in [2.75, 3.05) is 5.32 Å². The molecule has 0 atom stereocenters. The van der Waals surface area contributed by atoms with Gasteiger partial charge in [-0.1, -0.05) is 6.92 Å².